The first-order chi connectivity index (χ1) is 8.71. The normalized spacial score (nSPS) is 22.8. The summed E-state index contributed by atoms with van der Waals surface area (Å²) in [5.41, 5.74) is 5.87. The molecule has 0 radical (unpaired) electrons. The molecule has 6 heteroatoms. The standard InChI is InChI=1S/C12H19N5O/c13-10(15-18)7-12(1-2-12)9-16-5-6-17-4-3-14-11(17)8-16/h3-4,18H,1-2,5-9H2,(H2,13,15). The highest BCUT2D eigenvalue weighted by atomic mass is 16.4. The highest BCUT2D eigenvalue weighted by Crippen LogP contribution is 2.49. The van der Waals surface area contributed by atoms with Crippen LogP contribution in [0.3, 0.4) is 0 Å². The Morgan fingerprint density at radius 2 is 2.33 bits per heavy atom. The summed E-state index contributed by atoms with van der Waals surface area (Å²) < 4.78 is 2.21. The molecule has 0 amide bonds. The minimum atomic E-state index is 0.241. The topological polar surface area (TPSA) is 79.7 Å². The predicted octanol–water partition coefficient (Wildman–Crippen LogP) is 0.615. The smallest absolute Gasteiger partial charge is 0.139 e. The van der Waals surface area contributed by atoms with Crippen LogP contribution in [0.2, 0.25) is 0 Å². The van der Waals surface area contributed by atoms with Crippen molar-refractivity contribution in [2.45, 2.75) is 32.4 Å². The fraction of sp³-hybridized carbons (Fsp3) is 0.667. The van der Waals surface area contributed by atoms with E-state index in [9.17, 15) is 0 Å². The zero-order valence-electron chi connectivity index (χ0n) is 10.4. The Morgan fingerprint density at radius 3 is 3.06 bits per heavy atom. The van der Waals surface area contributed by atoms with Crippen LogP contribution < -0.4 is 5.73 Å². The van der Waals surface area contributed by atoms with Gasteiger partial charge in [-0.15, -0.1) is 0 Å². The summed E-state index contributed by atoms with van der Waals surface area (Å²) in [7, 11) is 0. The van der Waals surface area contributed by atoms with Crippen LogP contribution in [0.15, 0.2) is 17.5 Å². The van der Waals surface area contributed by atoms with Gasteiger partial charge in [-0.1, -0.05) is 5.16 Å². The van der Waals surface area contributed by atoms with E-state index in [1.165, 1.54) is 12.8 Å². The average molecular weight is 249 g/mol. The molecule has 2 heterocycles. The van der Waals surface area contributed by atoms with E-state index in [1.807, 2.05) is 12.4 Å². The van der Waals surface area contributed by atoms with E-state index in [4.69, 9.17) is 10.9 Å². The number of hydrogen-bond acceptors (Lipinski definition) is 4. The Bertz CT molecular complexity index is 463. The van der Waals surface area contributed by atoms with Gasteiger partial charge in [-0.3, -0.25) is 4.90 Å². The maximum atomic E-state index is 8.67. The molecule has 3 N–H and O–H groups in total. The fourth-order valence-corrected chi connectivity index (χ4v) is 2.82. The Hall–Kier alpha value is -1.56. The lowest BCUT2D eigenvalue weighted by atomic mass is 10.0. The summed E-state index contributed by atoms with van der Waals surface area (Å²) in [6.07, 6.45) is 6.95. The van der Waals surface area contributed by atoms with Gasteiger partial charge in [0.25, 0.3) is 0 Å². The van der Waals surface area contributed by atoms with Crippen molar-refractivity contribution in [3.05, 3.63) is 18.2 Å². The molecule has 0 aromatic carbocycles. The molecule has 0 unspecified atom stereocenters. The van der Waals surface area contributed by atoms with Crippen LogP contribution in [0.4, 0.5) is 0 Å². The van der Waals surface area contributed by atoms with Gasteiger partial charge in [0.1, 0.15) is 11.7 Å². The van der Waals surface area contributed by atoms with E-state index in [-0.39, 0.29) is 5.41 Å². The van der Waals surface area contributed by atoms with Crippen molar-refractivity contribution >= 4 is 5.84 Å². The quantitative estimate of drug-likeness (QED) is 0.355. The van der Waals surface area contributed by atoms with Gasteiger partial charge in [0.15, 0.2) is 0 Å². The van der Waals surface area contributed by atoms with Gasteiger partial charge >= 0.3 is 0 Å². The van der Waals surface area contributed by atoms with Crippen molar-refractivity contribution < 1.29 is 5.21 Å². The van der Waals surface area contributed by atoms with E-state index in [0.29, 0.717) is 12.3 Å². The maximum absolute atomic E-state index is 8.67. The second-order valence-corrected chi connectivity index (χ2v) is 5.52. The van der Waals surface area contributed by atoms with Crippen LogP contribution in [-0.2, 0) is 13.1 Å². The van der Waals surface area contributed by atoms with Gasteiger partial charge in [0.05, 0.1) is 6.54 Å². The number of fused-ring (bicyclic) bond motifs is 1. The Balaban J connectivity index is 1.61. The van der Waals surface area contributed by atoms with Gasteiger partial charge < -0.3 is 15.5 Å². The van der Waals surface area contributed by atoms with Crippen molar-refractivity contribution in [1.29, 1.82) is 0 Å². The lowest BCUT2D eigenvalue weighted by Crippen LogP contribution is -2.38. The minimum Gasteiger partial charge on any atom is -0.409 e. The number of nitrogens with zero attached hydrogens (tertiary/aromatic N) is 4. The zero-order valence-corrected chi connectivity index (χ0v) is 10.4. The van der Waals surface area contributed by atoms with Crippen LogP contribution in [0.1, 0.15) is 25.1 Å². The summed E-state index contributed by atoms with van der Waals surface area (Å²) >= 11 is 0. The van der Waals surface area contributed by atoms with E-state index < -0.39 is 0 Å². The Kier molecular flexibility index (Phi) is 2.74. The van der Waals surface area contributed by atoms with Crippen LogP contribution in [0.5, 0.6) is 0 Å². The second kappa shape index (κ2) is 4.28. The van der Waals surface area contributed by atoms with Gasteiger partial charge in [-0.25, -0.2) is 4.98 Å². The minimum absolute atomic E-state index is 0.241. The van der Waals surface area contributed by atoms with Crippen LogP contribution in [0.25, 0.3) is 0 Å². The molecular weight excluding hydrogens is 230 g/mol. The first-order valence-corrected chi connectivity index (χ1v) is 6.40. The summed E-state index contributed by atoms with van der Waals surface area (Å²) in [5.74, 6) is 1.49. The number of nitrogens with two attached hydrogens (primary N) is 1. The number of aromatic nitrogens is 2. The molecule has 1 aromatic rings. The molecule has 1 saturated carbocycles. The van der Waals surface area contributed by atoms with Crippen LogP contribution in [0, 0.1) is 5.41 Å². The lowest BCUT2D eigenvalue weighted by Gasteiger charge is -2.30. The molecule has 0 atom stereocenters. The first kappa shape index (κ1) is 11.5. The number of hydrogen-bond donors (Lipinski definition) is 2. The number of amidine groups is 1. The maximum Gasteiger partial charge on any atom is 0.139 e. The molecule has 3 rings (SSSR count). The van der Waals surface area contributed by atoms with Gasteiger partial charge in [0.2, 0.25) is 0 Å². The first-order valence-electron chi connectivity index (χ1n) is 6.40. The largest absolute Gasteiger partial charge is 0.409 e. The van der Waals surface area contributed by atoms with E-state index >= 15 is 0 Å². The van der Waals surface area contributed by atoms with Gasteiger partial charge in [-0.2, -0.15) is 0 Å². The van der Waals surface area contributed by atoms with Crippen LogP contribution in [-0.4, -0.2) is 38.6 Å². The highest BCUT2D eigenvalue weighted by Gasteiger charge is 2.44. The number of imidazole rings is 1. The lowest BCUT2D eigenvalue weighted by molar-refractivity contribution is 0.177. The van der Waals surface area contributed by atoms with E-state index in [0.717, 1.165) is 32.0 Å². The number of oxime groups is 1. The molecule has 1 aliphatic heterocycles. The summed E-state index contributed by atoms with van der Waals surface area (Å²) in [4.78, 5) is 6.80. The summed E-state index contributed by atoms with van der Waals surface area (Å²) in [6.45, 7) is 4.00. The van der Waals surface area contributed by atoms with Crippen molar-refractivity contribution in [3.63, 3.8) is 0 Å². The molecule has 2 aliphatic rings. The molecule has 1 fully saturated rings. The molecule has 0 saturated heterocycles. The summed E-state index contributed by atoms with van der Waals surface area (Å²) in [6, 6.07) is 0. The van der Waals surface area contributed by atoms with Gasteiger partial charge in [0, 0.05) is 38.4 Å². The van der Waals surface area contributed by atoms with Crippen LogP contribution >= 0.6 is 0 Å². The molecule has 0 spiro atoms. The molecule has 1 aliphatic carbocycles. The molecule has 0 bridgehead atoms. The average Bonchev–Trinajstić information content (AvgIpc) is 2.94. The molecule has 98 valence electrons. The van der Waals surface area contributed by atoms with Crippen molar-refractivity contribution in [1.82, 2.24) is 14.5 Å². The molecule has 18 heavy (non-hydrogen) atoms. The predicted molar refractivity (Wildman–Crippen MR) is 67.2 cm³/mol. The highest BCUT2D eigenvalue weighted by molar-refractivity contribution is 5.80. The molecular formula is C12H19N5O. The van der Waals surface area contributed by atoms with E-state index in [1.54, 1.807) is 0 Å². The van der Waals surface area contributed by atoms with Crippen molar-refractivity contribution in [2.75, 3.05) is 13.1 Å². The zero-order chi connectivity index (χ0) is 12.6. The summed E-state index contributed by atoms with van der Waals surface area (Å²) in [5, 5.41) is 11.8. The third-order valence-corrected chi connectivity index (χ3v) is 4.02. The Morgan fingerprint density at radius 1 is 1.50 bits per heavy atom. The van der Waals surface area contributed by atoms with E-state index in [2.05, 4.69) is 19.6 Å². The van der Waals surface area contributed by atoms with Crippen molar-refractivity contribution in [2.24, 2.45) is 16.3 Å². The van der Waals surface area contributed by atoms with Gasteiger partial charge in [-0.05, 0) is 18.3 Å². The second-order valence-electron chi connectivity index (χ2n) is 5.52. The third kappa shape index (κ3) is 2.20. The SMILES string of the molecule is NC(CC1(CN2CCn3ccnc3C2)CC1)=NO. The molecule has 1 aromatic heterocycles. The number of rotatable bonds is 4. The van der Waals surface area contributed by atoms with Crippen molar-refractivity contribution in [3.8, 4) is 0 Å². The monoisotopic (exact) mass is 249 g/mol. The molecule has 6 nitrogen and oxygen atoms in total. The Labute approximate surface area is 106 Å². The third-order valence-electron chi connectivity index (χ3n) is 4.02. The fourth-order valence-electron chi connectivity index (χ4n) is 2.82.